The molecule has 1 N–H and O–H groups in total. The summed E-state index contributed by atoms with van der Waals surface area (Å²) in [5, 5.41) is 4.22. The van der Waals surface area contributed by atoms with Crippen molar-refractivity contribution in [3.8, 4) is 0 Å². The van der Waals surface area contributed by atoms with E-state index in [0.29, 0.717) is 0 Å². The van der Waals surface area contributed by atoms with E-state index in [2.05, 4.69) is 9.93 Å². The summed E-state index contributed by atoms with van der Waals surface area (Å²) < 4.78 is 24.2. The molecule has 8 heteroatoms. The summed E-state index contributed by atoms with van der Waals surface area (Å²) >= 11 is 11.6. The second-order valence-corrected chi connectivity index (χ2v) is 7.39. The van der Waals surface area contributed by atoms with Crippen molar-refractivity contribution in [1.29, 1.82) is 0 Å². The normalized spacial score (nSPS) is 11.7. The summed E-state index contributed by atoms with van der Waals surface area (Å²) in [5.74, 6) is 0. The third-order valence-corrected chi connectivity index (χ3v) is 4.96. The molecule has 0 radical (unpaired) electrons. The number of benzene rings is 2. The molecule has 2 aromatic carbocycles. The Balaban J connectivity index is 2.10. The Morgan fingerprint density at radius 1 is 1.04 bits per heavy atom. The number of halogens is 2. The highest BCUT2D eigenvalue weighted by atomic mass is 35.5. The van der Waals surface area contributed by atoms with Gasteiger partial charge in [-0.1, -0.05) is 35.3 Å². The summed E-state index contributed by atoms with van der Waals surface area (Å²) in [6.45, 7) is 0. The molecule has 0 bridgehead atoms. The van der Waals surface area contributed by atoms with E-state index in [1.165, 1.54) is 24.4 Å². The van der Waals surface area contributed by atoms with E-state index < -0.39 is 10.0 Å². The number of hydrazone groups is 1. The van der Waals surface area contributed by atoms with Crippen LogP contribution in [0.15, 0.2) is 52.5 Å². The van der Waals surface area contributed by atoms with Crippen molar-refractivity contribution in [1.82, 2.24) is 4.83 Å². The van der Waals surface area contributed by atoms with Gasteiger partial charge >= 0.3 is 0 Å². The molecular formula is C15H15Cl2N3O2S. The molecule has 0 saturated carbocycles. The average Bonchev–Trinajstić information content (AvgIpc) is 2.50. The van der Waals surface area contributed by atoms with Crippen LogP contribution in [0.3, 0.4) is 0 Å². The van der Waals surface area contributed by atoms with Crippen LogP contribution >= 0.6 is 23.2 Å². The SMILES string of the molecule is CN(C)c1ccc(/C=N/NS(=O)(=O)c2ccc(Cl)c(Cl)c2)cc1. The van der Waals surface area contributed by atoms with Crippen LogP contribution in [0, 0.1) is 0 Å². The largest absolute Gasteiger partial charge is 0.378 e. The van der Waals surface area contributed by atoms with Crippen molar-refractivity contribution in [2.24, 2.45) is 5.10 Å². The highest BCUT2D eigenvalue weighted by Crippen LogP contribution is 2.24. The van der Waals surface area contributed by atoms with Crippen LogP contribution in [-0.2, 0) is 10.0 Å². The van der Waals surface area contributed by atoms with E-state index in [1.54, 1.807) is 0 Å². The molecule has 23 heavy (non-hydrogen) atoms. The Labute approximate surface area is 145 Å². The predicted octanol–water partition coefficient (Wildman–Crippen LogP) is 3.37. The topological polar surface area (TPSA) is 61.8 Å². The molecule has 0 unspecified atom stereocenters. The summed E-state index contributed by atoms with van der Waals surface area (Å²) in [5.41, 5.74) is 1.81. The first-order valence-electron chi connectivity index (χ1n) is 6.57. The van der Waals surface area contributed by atoms with Gasteiger partial charge in [-0.3, -0.25) is 0 Å². The van der Waals surface area contributed by atoms with Gasteiger partial charge in [0.15, 0.2) is 0 Å². The Bertz CT molecular complexity index is 819. The zero-order valence-corrected chi connectivity index (χ0v) is 14.8. The standard InChI is InChI=1S/C15H15Cl2N3O2S/c1-20(2)12-5-3-11(4-6-12)10-18-19-23(21,22)13-7-8-14(16)15(17)9-13/h3-10,19H,1-2H3/b18-10+. The molecule has 2 rings (SSSR count). The van der Waals surface area contributed by atoms with Gasteiger partial charge in [-0.2, -0.15) is 13.5 Å². The summed E-state index contributed by atoms with van der Waals surface area (Å²) in [6.07, 6.45) is 1.43. The van der Waals surface area contributed by atoms with Crippen LogP contribution in [0.5, 0.6) is 0 Å². The second kappa shape index (κ2) is 7.21. The highest BCUT2D eigenvalue weighted by molar-refractivity contribution is 7.89. The Morgan fingerprint density at radius 3 is 2.26 bits per heavy atom. The van der Waals surface area contributed by atoms with Gasteiger partial charge in [0.05, 0.1) is 21.2 Å². The van der Waals surface area contributed by atoms with Crippen molar-refractivity contribution in [2.45, 2.75) is 4.90 Å². The molecule has 122 valence electrons. The van der Waals surface area contributed by atoms with Gasteiger partial charge in [0.2, 0.25) is 0 Å². The molecule has 2 aromatic rings. The van der Waals surface area contributed by atoms with Crippen molar-refractivity contribution in [2.75, 3.05) is 19.0 Å². The van der Waals surface area contributed by atoms with Crippen LogP contribution in [0.2, 0.25) is 10.0 Å². The number of rotatable bonds is 5. The number of hydrogen-bond donors (Lipinski definition) is 1. The third-order valence-electron chi connectivity index (χ3n) is 3.00. The number of hydrogen-bond acceptors (Lipinski definition) is 4. The fourth-order valence-corrected chi connectivity index (χ4v) is 2.91. The molecule has 0 aliphatic heterocycles. The van der Waals surface area contributed by atoms with E-state index in [9.17, 15) is 8.42 Å². The maximum Gasteiger partial charge on any atom is 0.276 e. The van der Waals surface area contributed by atoms with Crippen LogP contribution in [0.4, 0.5) is 5.69 Å². The van der Waals surface area contributed by atoms with Gasteiger partial charge in [0.25, 0.3) is 10.0 Å². The Kier molecular flexibility index (Phi) is 5.51. The fraction of sp³-hybridized carbons (Fsp3) is 0.133. The van der Waals surface area contributed by atoms with Crippen molar-refractivity contribution >= 4 is 45.1 Å². The van der Waals surface area contributed by atoms with Gasteiger partial charge in [-0.25, -0.2) is 4.83 Å². The van der Waals surface area contributed by atoms with Crippen LogP contribution in [0.25, 0.3) is 0 Å². The van der Waals surface area contributed by atoms with Crippen molar-refractivity contribution in [3.05, 3.63) is 58.1 Å². The van der Waals surface area contributed by atoms with E-state index in [0.717, 1.165) is 11.3 Å². The molecule has 0 aromatic heterocycles. The smallest absolute Gasteiger partial charge is 0.276 e. The summed E-state index contributed by atoms with van der Waals surface area (Å²) in [6, 6.07) is 11.6. The minimum absolute atomic E-state index is 0.00740. The second-order valence-electron chi connectivity index (χ2n) is 4.91. The number of anilines is 1. The molecule has 0 spiro atoms. The number of sulfonamides is 1. The molecule has 0 aliphatic rings. The summed E-state index contributed by atoms with van der Waals surface area (Å²) in [7, 11) is 0.0874. The van der Waals surface area contributed by atoms with E-state index >= 15 is 0 Å². The van der Waals surface area contributed by atoms with E-state index in [1.807, 2.05) is 43.3 Å². The first kappa shape index (κ1) is 17.6. The Hall–Kier alpha value is -1.76. The molecule has 5 nitrogen and oxygen atoms in total. The maximum absolute atomic E-state index is 12.1. The monoisotopic (exact) mass is 371 g/mol. The van der Waals surface area contributed by atoms with Crippen LogP contribution in [-0.4, -0.2) is 28.7 Å². The average molecular weight is 372 g/mol. The van der Waals surface area contributed by atoms with Gasteiger partial charge < -0.3 is 4.90 Å². The number of nitrogens with zero attached hydrogens (tertiary/aromatic N) is 2. The lowest BCUT2D eigenvalue weighted by molar-refractivity contribution is 0.584. The van der Waals surface area contributed by atoms with E-state index in [4.69, 9.17) is 23.2 Å². The first-order chi connectivity index (χ1) is 10.8. The zero-order chi connectivity index (χ0) is 17.0. The lowest BCUT2D eigenvalue weighted by atomic mass is 10.2. The predicted molar refractivity (Wildman–Crippen MR) is 95.1 cm³/mol. The fourth-order valence-electron chi connectivity index (χ4n) is 1.73. The first-order valence-corrected chi connectivity index (χ1v) is 8.81. The quantitative estimate of drug-likeness (QED) is 0.647. The molecule has 0 saturated heterocycles. The molecule has 0 aliphatic carbocycles. The highest BCUT2D eigenvalue weighted by Gasteiger charge is 2.14. The molecule has 0 fully saturated rings. The van der Waals surface area contributed by atoms with Crippen molar-refractivity contribution in [3.63, 3.8) is 0 Å². The third kappa shape index (κ3) is 4.60. The van der Waals surface area contributed by atoms with Gasteiger partial charge in [0.1, 0.15) is 0 Å². The molecular weight excluding hydrogens is 357 g/mol. The summed E-state index contributed by atoms with van der Waals surface area (Å²) in [4.78, 5) is 4.10. The maximum atomic E-state index is 12.1. The van der Waals surface area contributed by atoms with Gasteiger partial charge in [0, 0.05) is 19.8 Å². The minimum Gasteiger partial charge on any atom is -0.378 e. The number of nitrogens with one attached hydrogen (secondary N) is 1. The molecule has 0 atom stereocenters. The van der Waals surface area contributed by atoms with Gasteiger partial charge in [-0.15, -0.1) is 0 Å². The van der Waals surface area contributed by atoms with E-state index in [-0.39, 0.29) is 14.9 Å². The lowest BCUT2D eigenvalue weighted by Gasteiger charge is -2.11. The molecule has 0 amide bonds. The lowest BCUT2D eigenvalue weighted by Crippen LogP contribution is -2.18. The minimum atomic E-state index is -3.79. The molecule has 0 heterocycles. The van der Waals surface area contributed by atoms with Crippen LogP contribution < -0.4 is 9.73 Å². The van der Waals surface area contributed by atoms with Crippen molar-refractivity contribution < 1.29 is 8.42 Å². The van der Waals surface area contributed by atoms with Gasteiger partial charge in [-0.05, 0) is 35.9 Å². The van der Waals surface area contributed by atoms with Crippen LogP contribution in [0.1, 0.15) is 5.56 Å². The zero-order valence-electron chi connectivity index (χ0n) is 12.5. The Morgan fingerprint density at radius 2 is 1.70 bits per heavy atom.